The monoisotopic (exact) mass is 272 g/mol. The van der Waals surface area contributed by atoms with Crippen LogP contribution in [0.3, 0.4) is 0 Å². The Morgan fingerprint density at radius 1 is 1.26 bits per heavy atom. The summed E-state index contributed by atoms with van der Waals surface area (Å²) in [6.45, 7) is 4.84. The number of nitrogens with two attached hydrogens (primary N) is 1. The second-order valence-corrected chi connectivity index (χ2v) is 4.63. The first-order chi connectivity index (χ1) is 8.97. The molecular formula is C12H24N4O3. The minimum Gasteiger partial charge on any atom is -0.368 e. The quantitative estimate of drug-likeness (QED) is 0.281. The van der Waals surface area contributed by atoms with E-state index in [2.05, 4.69) is 29.8 Å². The van der Waals surface area contributed by atoms with E-state index in [1.54, 1.807) is 0 Å². The highest BCUT2D eigenvalue weighted by Gasteiger charge is 2.17. The van der Waals surface area contributed by atoms with Gasteiger partial charge in [-0.3, -0.25) is 14.4 Å². The molecule has 3 amide bonds. The van der Waals surface area contributed by atoms with Crippen molar-refractivity contribution in [2.24, 2.45) is 5.73 Å². The Hall–Kier alpha value is -1.63. The largest absolute Gasteiger partial charge is 0.368 e. The zero-order chi connectivity index (χ0) is 14.7. The van der Waals surface area contributed by atoms with Gasteiger partial charge < -0.3 is 21.7 Å². The van der Waals surface area contributed by atoms with E-state index in [4.69, 9.17) is 5.73 Å². The third-order valence-electron chi connectivity index (χ3n) is 2.50. The van der Waals surface area contributed by atoms with Gasteiger partial charge in [-0.25, -0.2) is 0 Å². The van der Waals surface area contributed by atoms with E-state index in [-0.39, 0.29) is 6.54 Å². The van der Waals surface area contributed by atoms with Crippen molar-refractivity contribution in [1.29, 1.82) is 0 Å². The second kappa shape index (κ2) is 10.3. The number of hydrogen-bond acceptors (Lipinski definition) is 4. The number of carbonyl (C=O) groups is 3. The van der Waals surface area contributed by atoms with E-state index in [0.29, 0.717) is 18.9 Å². The van der Waals surface area contributed by atoms with Crippen LogP contribution in [0.4, 0.5) is 0 Å². The summed E-state index contributed by atoms with van der Waals surface area (Å²) in [5.41, 5.74) is 5.22. The van der Waals surface area contributed by atoms with Crippen molar-refractivity contribution >= 4 is 18.2 Å². The minimum absolute atomic E-state index is 0.151. The first-order valence-electron chi connectivity index (χ1n) is 6.46. The van der Waals surface area contributed by atoms with Crippen molar-refractivity contribution in [3.8, 4) is 0 Å². The molecule has 0 aromatic heterocycles. The molecule has 0 saturated heterocycles. The fourth-order valence-corrected chi connectivity index (χ4v) is 1.53. The molecule has 0 bridgehead atoms. The Morgan fingerprint density at radius 3 is 2.47 bits per heavy atom. The van der Waals surface area contributed by atoms with Crippen LogP contribution in [0.2, 0.25) is 0 Å². The maximum absolute atomic E-state index is 11.3. The molecule has 0 spiro atoms. The zero-order valence-electron chi connectivity index (χ0n) is 11.6. The number of hydrogen-bond donors (Lipinski definition) is 4. The summed E-state index contributed by atoms with van der Waals surface area (Å²) >= 11 is 0. The number of rotatable bonds is 11. The second-order valence-electron chi connectivity index (χ2n) is 4.63. The zero-order valence-corrected chi connectivity index (χ0v) is 11.6. The smallest absolute Gasteiger partial charge is 0.240 e. The van der Waals surface area contributed by atoms with Crippen molar-refractivity contribution in [2.75, 3.05) is 13.1 Å². The minimum atomic E-state index is -0.681. The first-order valence-corrected chi connectivity index (χ1v) is 6.46. The lowest BCUT2D eigenvalue weighted by molar-refractivity contribution is -0.127. The molecule has 0 saturated carbocycles. The first kappa shape index (κ1) is 17.4. The van der Waals surface area contributed by atoms with Gasteiger partial charge in [0.2, 0.25) is 18.2 Å². The molecule has 7 nitrogen and oxygen atoms in total. The maximum Gasteiger partial charge on any atom is 0.240 e. The fraction of sp³-hybridized carbons (Fsp3) is 0.750. The highest BCUT2D eigenvalue weighted by Crippen LogP contribution is 2.00. The molecule has 0 aliphatic heterocycles. The number of carbonyl (C=O) groups excluding carboxylic acids is 3. The number of nitrogens with one attached hydrogen (secondary N) is 3. The SMILES string of the molecule is CC(C)NCCCCC(NC(=O)CNC=O)C(N)=O. The van der Waals surface area contributed by atoms with E-state index in [1.807, 2.05) is 0 Å². The number of amides is 3. The van der Waals surface area contributed by atoms with E-state index in [9.17, 15) is 14.4 Å². The van der Waals surface area contributed by atoms with Gasteiger partial charge >= 0.3 is 0 Å². The molecule has 5 N–H and O–H groups in total. The van der Waals surface area contributed by atoms with E-state index < -0.39 is 17.9 Å². The maximum atomic E-state index is 11.3. The van der Waals surface area contributed by atoms with Gasteiger partial charge in [0, 0.05) is 6.04 Å². The van der Waals surface area contributed by atoms with E-state index in [0.717, 1.165) is 19.4 Å². The standard InChI is InChI=1S/C12H24N4O3/c1-9(2)15-6-4-3-5-10(12(13)19)16-11(18)7-14-8-17/h8-10,15H,3-7H2,1-2H3,(H2,13,19)(H,14,17)(H,16,18). The van der Waals surface area contributed by atoms with Crippen LogP contribution in [-0.4, -0.2) is 43.4 Å². The average Bonchev–Trinajstić information content (AvgIpc) is 2.33. The van der Waals surface area contributed by atoms with Crippen molar-refractivity contribution in [2.45, 2.75) is 45.2 Å². The van der Waals surface area contributed by atoms with Crippen LogP contribution < -0.4 is 21.7 Å². The number of primary amides is 1. The summed E-state index contributed by atoms with van der Waals surface area (Å²) < 4.78 is 0. The Labute approximate surface area is 113 Å². The predicted octanol–water partition coefficient (Wildman–Crippen LogP) is -1.13. The van der Waals surface area contributed by atoms with Gasteiger partial charge in [0.1, 0.15) is 6.04 Å². The molecule has 0 heterocycles. The molecule has 0 aromatic rings. The Morgan fingerprint density at radius 2 is 1.95 bits per heavy atom. The third-order valence-corrected chi connectivity index (χ3v) is 2.50. The molecule has 1 unspecified atom stereocenters. The summed E-state index contributed by atoms with van der Waals surface area (Å²) in [4.78, 5) is 32.6. The molecule has 0 radical (unpaired) electrons. The third kappa shape index (κ3) is 10.0. The van der Waals surface area contributed by atoms with Crippen LogP contribution in [0.1, 0.15) is 33.1 Å². The van der Waals surface area contributed by atoms with Gasteiger partial charge in [-0.1, -0.05) is 13.8 Å². The fourth-order valence-electron chi connectivity index (χ4n) is 1.53. The van der Waals surface area contributed by atoms with Crippen LogP contribution in [0, 0.1) is 0 Å². The lowest BCUT2D eigenvalue weighted by Gasteiger charge is -2.15. The lowest BCUT2D eigenvalue weighted by Crippen LogP contribution is -2.47. The summed E-state index contributed by atoms with van der Waals surface area (Å²) in [6.07, 6.45) is 2.62. The normalized spacial score (nSPS) is 11.9. The molecule has 0 rings (SSSR count). The van der Waals surface area contributed by atoms with Gasteiger partial charge in [-0.2, -0.15) is 0 Å². The number of unbranched alkanes of at least 4 members (excludes halogenated alkanes) is 1. The van der Waals surface area contributed by atoms with Crippen LogP contribution in [0.25, 0.3) is 0 Å². The van der Waals surface area contributed by atoms with Crippen molar-refractivity contribution in [3.05, 3.63) is 0 Å². The molecule has 0 aliphatic rings. The van der Waals surface area contributed by atoms with Crippen molar-refractivity contribution in [1.82, 2.24) is 16.0 Å². The Bertz CT molecular complexity index is 295. The molecule has 0 aromatic carbocycles. The molecule has 0 fully saturated rings. The molecule has 0 aliphatic carbocycles. The van der Waals surface area contributed by atoms with Gasteiger partial charge in [0.15, 0.2) is 0 Å². The van der Waals surface area contributed by atoms with Gasteiger partial charge in [0.25, 0.3) is 0 Å². The molecular weight excluding hydrogens is 248 g/mol. The lowest BCUT2D eigenvalue weighted by atomic mass is 10.1. The van der Waals surface area contributed by atoms with Gasteiger partial charge in [-0.05, 0) is 25.8 Å². The molecule has 1 atom stereocenters. The molecule has 7 heteroatoms. The molecule has 19 heavy (non-hydrogen) atoms. The highest BCUT2D eigenvalue weighted by molar-refractivity contribution is 5.87. The summed E-state index contributed by atoms with van der Waals surface area (Å²) in [5, 5.41) is 7.99. The topological polar surface area (TPSA) is 113 Å². The predicted molar refractivity (Wildman–Crippen MR) is 72.2 cm³/mol. The van der Waals surface area contributed by atoms with Crippen LogP contribution in [-0.2, 0) is 14.4 Å². The van der Waals surface area contributed by atoms with Crippen LogP contribution in [0.5, 0.6) is 0 Å². The van der Waals surface area contributed by atoms with E-state index in [1.165, 1.54) is 0 Å². The van der Waals surface area contributed by atoms with Gasteiger partial charge in [-0.15, -0.1) is 0 Å². The Kier molecular flexibility index (Phi) is 9.42. The van der Waals surface area contributed by atoms with Crippen LogP contribution in [0.15, 0.2) is 0 Å². The summed E-state index contributed by atoms with van der Waals surface area (Å²) in [5.74, 6) is -0.979. The van der Waals surface area contributed by atoms with E-state index >= 15 is 0 Å². The molecule has 110 valence electrons. The highest BCUT2D eigenvalue weighted by atomic mass is 16.2. The summed E-state index contributed by atoms with van der Waals surface area (Å²) in [7, 11) is 0. The summed E-state index contributed by atoms with van der Waals surface area (Å²) in [6, 6.07) is -0.249. The van der Waals surface area contributed by atoms with Gasteiger partial charge in [0.05, 0.1) is 6.54 Å². The Balaban J connectivity index is 3.89. The van der Waals surface area contributed by atoms with Crippen molar-refractivity contribution < 1.29 is 14.4 Å². The van der Waals surface area contributed by atoms with Crippen LogP contribution >= 0.6 is 0 Å². The van der Waals surface area contributed by atoms with Crippen molar-refractivity contribution in [3.63, 3.8) is 0 Å². The average molecular weight is 272 g/mol.